The number of nitrogens with one attached hydrogen (secondary N) is 1. The molecule has 1 atom stereocenters. The van der Waals surface area contributed by atoms with Crippen LogP contribution >= 0.6 is 0 Å². The van der Waals surface area contributed by atoms with Gasteiger partial charge in [0.15, 0.2) is 0 Å². The van der Waals surface area contributed by atoms with Crippen LogP contribution in [0.3, 0.4) is 0 Å². The minimum Gasteiger partial charge on any atom is -0.468 e. The fourth-order valence-corrected chi connectivity index (χ4v) is 0.931. The fourth-order valence-electron chi connectivity index (χ4n) is 0.931. The summed E-state index contributed by atoms with van der Waals surface area (Å²) in [6.07, 6.45) is 7.88. The van der Waals surface area contributed by atoms with E-state index >= 15 is 0 Å². The highest BCUT2D eigenvalue weighted by Crippen LogP contribution is 1.93. The molecule has 0 saturated carbocycles. The molecule has 0 aliphatic heterocycles. The number of terminal acetylenes is 1. The quantitative estimate of drug-likeness (QED) is 0.378. The van der Waals surface area contributed by atoms with Crippen molar-refractivity contribution in [1.29, 1.82) is 0 Å². The second kappa shape index (κ2) is 7.63. The number of carbonyl (C=O) groups is 1. The van der Waals surface area contributed by atoms with Crippen molar-refractivity contribution in [2.75, 3.05) is 13.7 Å². The molecule has 74 valence electrons. The fraction of sp³-hybridized carbons (Fsp3) is 0.700. The van der Waals surface area contributed by atoms with Crippen LogP contribution in [-0.2, 0) is 9.53 Å². The Labute approximate surface area is 79.8 Å². The van der Waals surface area contributed by atoms with Gasteiger partial charge in [0.05, 0.1) is 7.11 Å². The van der Waals surface area contributed by atoms with Crippen LogP contribution in [0.4, 0.5) is 0 Å². The lowest BCUT2D eigenvalue weighted by Gasteiger charge is -2.10. The van der Waals surface area contributed by atoms with Gasteiger partial charge in [0, 0.05) is 6.42 Å². The number of ether oxygens (including phenoxy) is 1. The summed E-state index contributed by atoms with van der Waals surface area (Å²) in [5.74, 6) is 2.35. The van der Waals surface area contributed by atoms with E-state index in [0.29, 0.717) is 0 Å². The van der Waals surface area contributed by atoms with Gasteiger partial charge in [-0.05, 0) is 26.3 Å². The molecule has 0 heterocycles. The molecule has 0 aromatic rings. The Bertz CT molecular complexity index is 184. The Morgan fingerprint density at radius 3 is 2.85 bits per heavy atom. The molecule has 0 aliphatic carbocycles. The molecule has 0 bridgehead atoms. The van der Waals surface area contributed by atoms with E-state index in [1.807, 2.05) is 0 Å². The van der Waals surface area contributed by atoms with Gasteiger partial charge in [-0.1, -0.05) is 0 Å². The summed E-state index contributed by atoms with van der Waals surface area (Å²) in [7, 11) is 1.39. The van der Waals surface area contributed by atoms with Crippen LogP contribution in [0.1, 0.15) is 26.2 Å². The number of rotatable bonds is 6. The molecule has 3 nitrogen and oxygen atoms in total. The third-order valence-electron chi connectivity index (χ3n) is 1.75. The third-order valence-corrected chi connectivity index (χ3v) is 1.75. The minimum absolute atomic E-state index is 0.225. The number of hydrogen-bond donors (Lipinski definition) is 1. The van der Waals surface area contributed by atoms with Crippen LogP contribution in [-0.4, -0.2) is 25.7 Å². The van der Waals surface area contributed by atoms with Crippen LogP contribution in [0.25, 0.3) is 0 Å². The molecule has 1 N–H and O–H groups in total. The monoisotopic (exact) mass is 183 g/mol. The first-order valence-electron chi connectivity index (χ1n) is 4.47. The third kappa shape index (κ3) is 6.18. The van der Waals surface area contributed by atoms with Crippen molar-refractivity contribution in [3.05, 3.63) is 0 Å². The Kier molecular flexibility index (Phi) is 7.04. The van der Waals surface area contributed by atoms with Crippen molar-refractivity contribution < 1.29 is 9.53 Å². The molecule has 0 spiro atoms. The van der Waals surface area contributed by atoms with Crippen molar-refractivity contribution in [2.24, 2.45) is 0 Å². The molecule has 0 rings (SSSR count). The minimum atomic E-state index is -0.226. The van der Waals surface area contributed by atoms with Crippen LogP contribution in [0.2, 0.25) is 0 Å². The van der Waals surface area contributed by atoms with Crippen molar-refractivity contribution >= 4 is 5.97 Å². The molecule has 13 heavy (non-hydrogen) atoms. The van der Waals surface area contributed by atoms with Gasteiger partial charge >= 0.3 is 5.97 Å². The van der Waals surface area contributed by atoms with E-state index in [2.05, 4.69) is 16.0 Å². The Morgan fingerprint density at radius 1 is 1.62 bits per heavy atom. The Morgan fingerprint density at radius 2 is 2.31 bits per heavy atom. The SMILES string of the molecule is C#CCCCCN[C@@H](C)C(=O)OC. The number of esters is 1. The second-order valence-corrected chi connectivity index (χ2v) is 2.86. The summed E-state index contributed by atoms with van der Waals surface area (Å²) in [5, 5.41) is 3.05. The largest absolute Gasteiger partial charge is 0.468 e. The zero-order valence-electron chi connectivity index (χ0n) is 8.30. The Balaban J connectivity index is 3.32. The van der Waals surface area contributed by atoms with Gasteiger partial charge in [-0.25, -0.2) is 0 Å². The summed E-state index contributed by atoms with van der Waals surface area (Å²) < 4.78 is 4.56. The predicted octanol–water partition coefficient (Wildman–Crippen LogP) is 0.941. The first-order valence-corrected chi connectivity index (χ1v) is 4.47. The summed E-state index contributed by atoms with van der Waals surface area (Å²) in [4.78, 5) is 10.9. The van der Waals surface area contributed by atoms with Crippen molar-refractivity contribution in [3.63, 3.8) is 0 Å². The van der Waals surface area contributed by atoms with Crippen molar-refractivity contribution in [2.45, 2.75) is 32.2 Å². The molecule has 0 aromatic carbocycles. The summed E-state index contributed by atoms with van der Waals surface area (Å²) in [6.45, 7) is 2.59. The van der Waals surface area contributed by atoms with E-state index in [1.165, 1.54) is 7.11 Å². The molecular formula is C10H17NO2. The number of hydrogen-bond acceptors (Lipinski definition) is 3. The van der Waals surface area contributed by atoms with E-state index in [4.69, 9.17) is 6.42 Å². The molecule has 0 aliphatic rings. The second-order valence-electron chi connectivity index (χ2n) is 2.86. The molecular weight excluding hydrogens is 166 g/mol. The van der Waals surface area contributed by atoms with E-state index in [1.54, 1.807) is 6.92 Å². The van der Waals surface area contributed by atoms with Gasteiger partial charge in [0.2, 0.25) is 0 Å². The summed E-state index contributed by atoms with van der Waals surface area (Å²) in [6, 6.07) is -0.226. The van der Waals surface area contributed by atoms with Gasteiger partial charge < -0.3 is 10.1 Å². The lowest BCUT2D eigenvalue weighted by atomic mass is 10.2. The molecule has 0 radical (unpaired) electrons. The zero-order chi connectivity index (χ0) is 10.1. The normalized spacial score (nSPS) is 11.8. The maximum Gasteiger partial charge on any atom is 0.322 e. The van der Waals surface area contributed by atoms with E-state index in [9.17, 15) is 4.79 Å². The predicted molar refractivity (Wildman–Crippen MR) is 52.2 cm³/mol. The van der Waals surface area contributed by atoms with Crippen LogP contribution < -0.4 is 5.32 Å². The maximum absolute atomic E-state index is 10.9. The molecule has 0 aromatic heterocycles. The van der Waals surface area contributed by atoms with Gasteiger partial charge in [0.25, 0.3) is 0 Å². The molecule has 0 unspecified atom stereocenters. The van der Waals surface area contributed by atoms with Crippen LogP contribution in [0, 0.1) is 12.3 Å². The van der Waals surface area contributed by atoms with Crippen molar-refractivity contribution in [3.8, 4) is 12.3 Å². The van der Waals surface area contributed by atoms with Crippen LogP contribution in [0.5, 0.6) is 0 Å². The summed E-state index contributed by atoms with van der Waals surface area (Å²) >= 11 is 0. The molecule has 0 amide bonds. The maximum atomic E-state index is 10.9. The van der Waals surface area contributed by atoms with Gasteiger partial charge in [-0.15, -0.1) is 12.3 Å². The number of carbonyl (C=O) groups excluding carboxylic acids is 1. The first-order chi connectivity index (χ1) is 6.22. The highest BCUT2D eigenvalue weighted by atomic mass is 16.5. The lowest BCUT2D eigenvalue weighted by Crippen LogP contribution is -2.35. The van der Waals surface area contributed by atoms with Gasteiger partial charge in [-0.2, -0.15) is 0 Å². The van der Waals surface area contributed by atoms with E-state index in [-0.39, 0.29) is 12.0 Å². The van der Waals surface area contributed by atoms with Crippen LogP contribution in [0.15, 0.2) is 0 Å². The van der Waals surface area contributed by atoms with E-state index in [0.717, 1.165) is 25.8 Å². The highest BCUT2D eigenvalue weighted by Gasteiger charge is 2.10. The average molecular weight is 183 g/mol. The average Bonchev–Trinajstić information content (AvgIpc) is 2.16. The number of methoxy groups -OCH3 is 1. The standard InChI is InChI=1S/C10H17NO2/c1-4-5-6-7-8-11-9(2)10(12)13-3/h1,9,11H,5-8H2,2-3H3/t9-/m0/s1. The lowest BCUT2D eigenvalue weighted by molar-refractivity contribution is -0.142. The highest BCUT2D eigenvalue weighted by molar-refractivity contribution is 5.74. The van der Waals surface area contributed by atoms with Gasteiger partial charge in [0.1, 0.15) is 6.04 Å². The van der Waals surface area contributed by atoms with E-state index < -0.39 is 0 Å². The molecule has 3 heteroatoms. The summed E-state index contributed by atoms with van der Waals surface area (Å²) in [5.41, 5.74) is 0. The molecule has 0 saturated heterocycles. The molecule has 0 fully saturated rings. The number of unbranched alkanes of at least 4 members (excludes halogenated alkanes) is 2. The smallest absolute Gasteiger partial charge is 0.322 e. The van der Waals surface area contributed by atoms with Crippen molar-refractivity contribution in [1.82, 2.24) is 5.32 Å². The Hall–Kier alpha value is -1.01. The first kappa shape index (κ1) is 12.0. The zero-order valence-corrected chi connectivity index (χ0v) is 8.30. The van der Waals surface area contributed by atoms with Gasteiger partial charge in [-0.3, -0.25) is 4.79 Å². The topological polar surface area (TPSA) is 38.3 Å².